The summed E-state index contributed by atoms with van der Waals surface area (Å²) in [5, 5.41) is 3.03. The van der Waals surface area contributed by atoms with Gasteiger partial charge < -0.3 is 10.2 Å². The number of hydrogen-bond donors (Lipinski definition) is 1. The molecule has 0 spiro atoms. The van der Waals surface area contributed by atoms with Crippen LogP contribution in [0.3, 0.4) is 0 Å². The molecule has 1 aliphatic rings. The lowest BCUT2D eigenvalue weighted by Gasteiger charge is -2.39. The van der Waals surface area contributed by atoms with Gasteiger partial charge in [0.2, 0.25) is 5.91 Å². The number of rotatable bonds is 6. The van der Waals surface area contributed by atoms with Crippen LogP contribution >= 0.6 is 0 Å². The van der Waals surface area contributed by atoms with E-state index in [1.807, 2.05) is 31.2 Å². The van der Waals surface area contributed by atoms with Gasteiger partial charge in [-0.25, -0.2) is 4.39 Å². The molecule has 0 aromatic heterocycles. The van der Waals surface area contributed by atoms with Crippen LogP contribution in [-0.4, -0.2) is 28.8 Å². The van der Waals surface area contributed by atoms with E-state index < -0.39 is 5.54 Å². The van der Waals surface area contributed by atoms with Crippen molar-refractivity contribution in [1.82, 2.24) is 10.2 Å². The maximum atomic E-state index is 13.5. The molecule has 2 amide bonds. The summed E-state index contributed by atoms with van der Waals surface area (Å²) in [7, 11) is 0. The van der Waals surface area contributed by atoms with Crippen molar-refractivity contribution in [2.45, 2.75) is 52.1 Å². The molecule has 0 unspecified atom stereocenters. The number of nitrogens with one attached hydrogen (secondary N) is 1. The monoisotopic (exact) mass is 396 g/mol. The van der Waals surface area contributed by atoms with Crippen LogP contribution in [-0.2, 0) is 17.8 Å². The van der Waals surface area contributed by atoms with Gasteiger partial charge in [-0.2, -0.15) is 0 Å². The molecule has 1 N–H and O–H groups in total. The normalized spacial score (nSPS) is 19.1. The standard InChI is InChI=1S/C24H29FN2O2/c1-17(2)13-15-26-23(29)24(3)14-12-19-6-4-5-7-21(19)22(28)27(24)16-18-8-10-20(25)11-9-18/h4-11,17H,12-16H2,1-3H3,(H,26,29)/t24-/m0/s1. The quantitative estimate of drug-likeness (QED) is 0.790. The Bertz CT molecular complexity index is 879. The van der Waals surface area contributed by atoms with Crippen molar-refractivity contribution in [3.63, 3.8) is 0 Å². The maximum Gasteiger partial charge on any atom is 0.255 e. The Labute approximate surface area is 172 Å². The van der Waals surface area contributed by atoms with Crippen molar-refractivity contribution in [3.8, 4) is 0 Å². The summed E-state index contributed by atoms with van der Waals surface area (Å²) in [4.78, 5) is 28.4. The van der Waals surface area contributed by atoms with Gasteiger partial charge in [0.05, 0.1) is 0 Å². The number of fused-ring (bicyclic) bond motifs is 1. The molecule has 0 aliphatic carbocycles. The van der Waals surface area contributed by atoms with Gasteiger partial charge in [-0.15, -0.1) is 0 Å². The average molecular weight is 397 g/mol. The lowest BCUT2D eigenvalue weighted by Crippen LogP contribution is -2.58. The first-order chi connectivity index (χ1) is 13.8. The van der Waals surface area contributed by atoms with E-state index in [0.29, 0.717) is 30.9 Å². The SMILES string of the molecule is CC(C)CCNC(=O)[C@]1(C)CCc2ccccc2C(=O)N1Cc1ccc(F)cc1. The molecule has 4 nitrogen and oxygen atoms in total. The zero-order chi connectivity index (χ0) is 21.0. The molecule has 0 saturated carbocycles. The molecule has 5 heteroatoms. The number of benzene rings is 2. The van der Waals surface area contributed by atoms with Gasteiger partial charge >= 0.3 is 0 Å². The summed E-state index contributed by atoms with van der Waals surface area (Å²) in [6.07, 6.45) is 2.06. The highest BCUT2D eigenvalue weighted by molar-refractivity contribution is 6.00. The van der Waals surface area contributed by atoms with E-state index in [1.165, 1.54) is 12.1 Å². The van der Waals surface area contributed by atoms with E-state index in [0.717, 1.165) is 17.5 Å². The summed E-state index contributed by atoms with van der Waals surface area (Å²) in [5.41, 5.74) is 1.40. The number of nitrogens with zero attached hydrogens (tertiary/aromatic N) is 1. The second-order valence-corrected chi connectivity index (χ2v) is 8.39. The number of aryl methyl sites for hydroxylation is 1. The smallest absolute Gasteiger partial charge is 0.255 e. The molecule has 1 atom stereocenters. The van der Waals surface area contributed by atoms with Crippen LogP contribution in [0.25, 0.3) is 0 Å². The van der Waals surface area contributed by atoms with Crippen molar-refractivity contribution < 1.29 is 14.0 Å². The number of halogens is 1. The second kappa shape index (κ2) is 8.76. The Morgan fingerprint density at radius 2 is 1.86 bits per heavy atom. The van der Waals surface area contributed by atoms with Gasteiger partial charge in [0, 0.05) is 18.7 Å². The predicted octanol–water partition coefficient (Wildman–Crippen LogP) is 4.34. The molecule has 1 heterocycles. The highest BCUT2D eigenvalue weighted by Gasteiger charge is 2.44. The van der Waals surface area contributed by atoms with Gasteiger partial charge in [-0.1, -0.05) is 44.2 Å². The minimum atomic E-state index is -0.985. The largest absolute Gasteiger partial charge is 0.354 e. The molecule has 154 valence electrons. The first-order valence-corrected chi connectivity index (χ1v) is 10.2. The minimum Gasteiger partial charge on any atom is -0.354 e. The van der Waals surface area contributed by atoms with E-state index in [9.17, 15) is 14.0 Å². The minimum absolute atomic E-state index is 0.138. The highest BCUT2D eigenvalue weighted by atomic mass is 19.1. The van der Waals surface area contributed by atoms with Gasteiger partial charge in [-0.05, 0) is 61.4 Å². The van der Waals surface area contributed by atoms with Gasteiger partial charge in [0.1, 0.15) is 11.4 Å². The summed E-state index contributed by atoms with van der Waals surface area (Å²) in [6.45, 7) is 6.89. The van der Waals surface area contributed by atoms with Crippen LogP contribution in [0.2, 0.25) is 0 Å². The second-order valence-electron chi connectivity index (χ2n) is 8.39. The van der Waals surface area contributed by atoms with Crippen molar-refractivity contribution in [2.24, 2.45) is 5.92 Å². The van der Waals surface area contributed by atoms with Crippen molar-refractivity contribution in [2.75, 3.05) is 6.54 Å². The third kappa shape index (κ3) is 4.66. The van der Waals surface area contributed by atoms with Crippen LogP contribution in [0, 0.1) is 11.7 Å². The first-order valence-electron chi connectivity index (χ1n) is 10.2. The molecule has 0 bridgehead atoms. The Hall–Kier alpha value is -2.69. The lowest BCUT2D eigenvalue weighted by atomic mass is 9.91. The summed E-state index contributed by atoms with van der Waals surface area (Å²) in [5.74, 6) is -0.140. The van der Waals surface area contributed by atoms with Crippen LogP contribution < -0.4 is 5.32 Å². The molecule has 2 aromatic carbocycles. The van der Waals surface area contributed by atoms with E-state index in [1.54, 1.807) is 17.0 Å². The molecule has 3 rings (SSSR count). The third-order valence-corrected chi connectivity index (χ3v) is 5.72. The molecule has 0 saturated heterocycles. The molecule has 2 aromatic rings. The highest BCUT2D eigenvalue weighted by Crippen LogP contribution is 2.32. The Morgan fingerprint density at radius 3 is 2.55 bits per heavy atom. The zero-order valence-electron chi connectivity index (χ0n) is 17.4. The molecular weight excluding hydrogens is 367 g/mol. The van der Waals surface area contributed by atoms with Gasteiger partial charge in [-0.3, -0.25) is 9.59 Å². The van der Waals surface area contributed by atoms with Gasteiger partial charge in [0.15, 0.2) is 0 Å². The van der Waals surface area contributed by atoms with Crippen molar-refractivity contribution >= 4 is 11.8 Å². The van der Waals surface area contributed by atoms with Crippen LogP contribution in [0.4, 0.5) is 4.39 Å². The number of carbonyl (C=O) groups is 2. The molecule has 29 heavy (non-hydrogen) atoms. The Kier molecular flexibility index (Phi) is 6.36. The van der Waals surface area contributed by atoms with E-state index >= 15 is 0 Å². The fourth-order valence-corrected chi connectivity index (χ4v) is 3.75. The summed E-state index contributed by atoms with van der Waals surface area (Å²) < 4.78 is 13.3. The lowest BCUT2D eigenvalue weighted by molar-refractivity contribution is -0.132. The summed E-state index contributed by atoms with van der Waals surface area (Å²) in [6, 6.07) is 13.6. The fraction of sp³-hybridized carbons (Fsp3) is 0.417. The number of carbonyl (C=O) groups excluding carboxylic acids is 2. The third-order valence-electron chi connectivity index (χ3n) is 5.72. The molecular formula is C24H29FN2O2. The fourth-order valence-electron chi connectivity index (χ4n) is 3.75. The number of hydrogen-bond acceptors (Lipinski definition) is 2. The van der Waals surface area contributed by atoms with Gasteiger partial charge in [0.25, 0.3) is 5.91 Å². The zero-order valence-corrected chi connectivity index (χ0v) is 17.4. The van der Waals surface area contributed by atoms with Crippen molar-refractivity contribution in [1.29, 1.82) is 0 Å². The Balaban J connectivity index is 1.94. The number of amides is 2. The molecule has 1 aliphatic heterocycles. The van der Waals surface area contributed by atoms with Crippen molar-refractivity contribution in [3.05, 3.63) is 71.0 Å². The van der Waals surface area contributed by atoms with E-state index in [2.05, 4.69) is 19.2 Å². The van der Waals surface area contributed by atoms with Crippen LogP contribution in [0.15, 0.2) is 48.5 Å². The topological polar surface area (TPSA) is 49.4 Å². The molecule has 0 radical (unpaired) electrons. The van der Waals surface area contributed by atoms with E-state index in [-0.39, 0.29) is 24.2 Å². The van der Waals surface area contributed by atoms with Crippen LogP contribution in [0.5, 0.6) is 0 Å². The average Bonchev–Trinajstić information content (AvgIpc) is 2.80. The molecule has 0 fully saturated rings. The van der Waals surface area contributed by atoms with Crippen LogP contribution in [0.1, 0.15) is 55.1 Å². The van der Waals surface area contributed by atoms with E-state index in [4.69, 9.17) is 0 Å². The Morgan fingerprint density at radius 1 is 1.17 bits per heavy atom. The first kappa shape index (κ1) is 21.0. The summed E-state index contributed by atoms with van der Waals surface area (Å²) >= 11 is 0. The maximum absolute atomic E-state index is 13.5. The predicted molar refractivity (Wildman–Crippen MR) is 112 cm³/mol.